The maximum absolute atomic E-state index is 11.9. The topological polar surface area (TPSA) is 64.3 Å². The summed E-state index contributed by atoms with van der Waals surface area (Å²) in [5.41, 5.74) is 5.81. The fourth-order valence-corrected chi connectivity index (χ4v) is 2.51. The molecule has 0 bridgehead atoms. The highest BCUT2D eigenvalue weighted by Crippen LogP contribution is 2.29. The Morgan fingerprint density at radius 1 is 1.40 bits per heavy atom. The third-order valence-corrected chi connectivity index (χ3v) is 3.59. The lowest BCUT2D eigenvalue weighted by molar-refractivity contribution is -0.127. The highest BCUT2D eigenvalue weighted by atomic mass is 16.5. The van der Waals surface area contributed by atoms with E-state index in [2.05, 4.69) is 12.2 Å². The quantitative estimate of drug-likeness (QED) is 0.696. The number of rotatable bonds is 2. The van der Waals surface area contributed by atoms with Crippen molar-refractivity contribution in [3.05, 3.63) is 0 Å². The maximum atomic E-state index is 11.9. The lowest BCUT2D eigenvalue weighted by Crippen LogP contribution is -2.49. The van der Waals surface area contributed by atoms with Crippen molar-refractivity contribution >= 4 is 5.91 Å². The van der Waals surface area contributed by atoms with Crippen molar-refractivity contribution < 1.29 is 9.53 Å². The second-order valence-electron chi connectivity index (χ2n) is 5.06. The second kappa shape index (κ2) is 4.10. The maximum Gasteiger partial charge on any atom is 0.227 e. The van der Waals surface area contributed by atoms with E-state index in [1.165, 1.54) is 12.8 Å². The van der Waals surface area contributed by atoms with Crippen LogP contribution in [0.2, 0.25) is 0 Å². The molecule has 0 radical (unpaired) electrons. The standard InChI is InChI=1S/C11H20N2O2/c1-11(4-2-3-5-11)13-10(14)8-6-15-7-9(8)12/h8-9H,2-7,12H2,1H3,(H,13,14). The van der Waals surface area contributed by atoms with Crippen LogP contribution in [0.1, 0.15) is 32.6 Å². The Kier molecular flexibility index (Phi) is 2.98. The molecule has 0 aromatic heterocycles. The van der Waals surface area contributed by atoms with Crippen molar-refractivity contribution in [1.82, 2.24) is 5.32 Å². The molecule has 1 amide bonds. The summed E-state index contributed by atoms with van der Waals surface area (Å²) >= 11 is 0. The van der Waals surface area contributed by atoms with Crippen LogP contribution >= 0.6 is 0 Å². The molecule has 1 saturated heterocycles. The van der Waals surface area contributed by atoms with E-state index in [0.29, 0.717) is 13.2 Å². The lowest BCUT2D eigenvalue weighted by Gasteiger charge is -2.27. The van der Waals surface area contributed by atoms with Crippen molar-refractivity contribution in [2.75, 3.05) is 13.2 Å². The number of ether oxygens (including phenoxy) is 1. The number of nitrogens with one attached hydrogen (secondary N) is 1. The highest BCUT2D eigenvalue weighted by Gasteiger charge is 2.36. The van der Waals surface area contributed by atoms with E-state index < -0.39 is 0 Å². The zero-order valence-corrected chi connectivity index (χ0v) is 9.29. The van der Waals surface area contributed by atoms with Crippen LogP contribution in [0.3, 0.4) is 0 Å². The first-order valence-electron chi connectivity index (χ1n) is 5.76. The van der Waals surface area contributed by atoms with Gasteiger partial charge in [0.25, 0.3) is 0 Å². The van der Waals surface area contributed by atoms with Crippen molar-refractivity contribution in [3.8, 4) is 0 Å². The molecule has 86 valence electrons. The molecule has 1 aliphatic heterocycles. The molecule has 2 atom stereocenters. The largest absolute Gasteiger partial charge is 0.379 e. The molecule has 3 N–H and O–H groups in total. The van der Waals surface area contributed by atoms with Gasteiger partial charge in [0.05, 0.1) is 19.1 Å². The molecule has 4 heteroatoms. The molecule has 4 nitrogen and oxygen atoms in total. The fraction of sp³-hybridized carbons (Fsp3) is 0.909. The van der Waals surface area contributed by atoms with Gasteiger partial charge in [-0.15, -0.1) is 0 Å². The van der Waals surface area contributed by atoms with Gasteiger partial charge >= 0.3 is 0 Å². The van der Waals surface area contributed by atoms with Gasteiger partial charge in [-0.05, 0) is 19.8 Å². The lowest BCUT2D eigenvalue weighted by atomic mass is 9.97. The van der Waals surface area contributed by atoms with E-state index in [1.54, 1.807) is 0 Å². The molecule has 0 aromatic rings. The van der Waals surface area contributed by atoms with Crippen LogP contribution in [0.4, 0.5) is 0 Å². The summed E-state index contributed by atoms with van der Waals surface area (Å²) in [5, 5.41) is 3.13. The molecule has 1 saturated carbocycles. The van der Waals surface area contributed by atoms with Crippen LogP contribution in [0.25, 0.3) is 0 Å². The van der Waals surface area contributed by atoms with E-state index in [9.17, 15) is 4.79 Å². The van der Waals surface area contributed by atoms with Gasteiger partial charge < -0.3 is 15.8 Å². The summed E-state index contributed by atoms with van der Waals surface area (Å²) in [6.07, 6.45) is 4.59. The minimum Gasteiger partial charge on any atom is -0.379 e. The number of hydrogen-bond acceptors (Lipinski definition) is 3. The van der Waals surface area contributed by atoms with Crippen LogP contribution in [-0.4, -0.2) is 30.7 Å². The molecular formula is C11H20N2O2. The highest BCUT2D eigenvalue weighted by molar-refractivity contribution is 5.80. The molecule has 1 heterocycles. The van der Waals surface area contributed by atoms with Crippen LogP contribution in [0, 0.1) is 5.92 Å². The Labute approximate surface area is 90.5 Å². The Balaban J connectivity index is 1.91. The van der Waals surface area contributed by atoms with Crippen molar-refractivity contribution in [2.24, 2.45) is 11.7 Å². The van der Waals surface area contributed by atoms with Crippen LogP contribution in [0.15, 0.2) is 0 Å². The van der Waals surface area contributed by atoms with Crippen molar-refractivity contribution in [3.63, 3.8) is 0 Å². The third-order valence-electron chi connectivity index (χ3n) is 3.59. The summed E-state index contributed by atoms with van der Waals surface area (Å²) in [4.78, 5) is 11.9. The minimum absolute atomic E-state index is 0.000602. The van der Waals surface area contributed by atoms with Crippen molar-refractivity contribution in [2.45, 2.75) is 44.2 Å². The molecule has 15 heavy (non-hydrogen) atoms. The van der Waals surface area contributed by atoms with Gasteiger partial charge in [0.2, 0.25) is 5.91 Å². The molecule has 0 aromatic carbocycles. The predicted octanol–water partition coefficient (Wildman–Crippen LogP) is 0.409. The SMILES string of the molecule is CC1(NC(=O)C2COCC2N)CCCC1. The van der Waals surface area contributed by atoms with Gasteiger partial charge in [-0.2, -0.15) is 0 Å². The average Bonchev–Trinajstić information content (AvgIpc) is 2.74. The summed E-state index contributed by atoms with van der Waals surface area (Å²) in [6, 6.07) is -0.130. The van der Waals surface area contributed by atoms with Crippen LogP contribution in [0.5, 0.6) is 0 Å². The molecule has 2 rings (SSSR count). The smallest absolute Gasteiger partial charge is 0.227 e. The summed E-state index contributed by atoms with van der Waals surface area (Å²) in [7, 11) is 0. The van der Waals surface area contributed by atoms with Gasteiger partial charge in [0, 0.05) is 11.6 Å². The number of carbonyl (C=O) groups is 1. The normalized spacial score (nSPS) is 34.3. The number of nitrogens with two attached hydrogens (primary N) is 1. The van der Waals surface area contributed by atoms with E-state index in [1.807, 2.05) is 0 Å². The molecular weight excluding hydrogens is 192 g/mol. The summed E-state index contributed by atoms with van der Waals surface area (Å²) in [5.74, 6) is -0.0770. The van der Waals surface area contributed by atoms with Gasteiger partial charge in [-0.3, -0.25) is 4.79 Å². The van der Waals surface area contributed by atoms with Gasteiger partial charge in [0.1, 0.15) is 0 Å². The Hall–Kier alpha value is -0.610. The monoisotopic (exact) mass is 212 g/mol. The Morgan fingerprint density at radius 2 is 2.07 bits per heavy atom. The third kappa shape index (κ3) is 2.32. The second-order valence-corrected chi connectivity index (χ2v) is 5.06. The first-order valence-corrected chi connectivity index (χ1v) is 5.76. The first-order chi connectivity index (χ1) is 7.11. The van der Waals surface area contributed by atoms with Gasteiger partial charge in [-0.1, -0.05) is 12.8 Å². The van der Waals surface area contributed by atoms with E-state index in [0.717, 1.165) is 12.8 Å². The predicted molar refractivity (Wildman–Crippen MR) is 57.3 cm³/mol. The van der Waals surface area contributed by atoms with E-state index >= 15 is 0 Å². The van der Waals surface area contributed by atoms with Crippen LogP contribution < -0.4 is 11.1 Å². The molecule has 2 unspecified atom stereocenters. The first kappa shape index (κ1) is 10.9. The van der Waals surface area contributed by atoms with Crippen molar-refractivity contribution in [1.29, 1.82) is 0 Å². The average molecular weight is 212 g/mol. The molecule has 0 spiro atoms. The fourth-order valence-electron chi connectivity index (χ4n) is 2.51. The zero-order chi connectivity index (χ0) is 10.9. The zero-order valence-electron chi connectivity index (χ0n) is 9.29. The summed E-state index contributed by atoms with van der Waals surface area (Å²) in [6.45, 7) is 3.11. The number of carbonyl (C=O) groups excluding carboxylic acids is 1. The van der Waals surface area contributed by atoms with Gasteiger partial charge in [0.15, 0.2) is 0 Å². The Morgan fingerprint density at radius 3 is 2.60 bits per heavy atom. The molecule has 2 aliphatic rings. The minimum atomic E-state index is -0.151. The van der Waals surface area contributed by atoms with E-state index in [-0.39, 0.29) is 23.4 Å². The van der Waals surface area contributed by atoms with E-state index in [4.69, 9.17) is 10.5 Å². The number of amides is 1. The van der Waals surface area contributed by atoms with Crippen LogP contribution in [-0.2, 0) is 9.53 Å². The molecule has 2 fully saturated rings. The Bertz CT molecular complexity index is 249. The summed E-state index contributed by atoms with van der Waals surface area (Å²) < 4.78 is 5.20. The van der Waals surface area contributed by atoms with Gasteiger partial charge in [-0.25, -0.2) is 0 Å². The molecule has 1 aliphatic carbocycles. The number of hydrogen-bond donors (Lipinski definition) is 2.